The number of hydrogen-bond acceptors (Lipinski definition) is 3. The number of nitrogens with zero attached hydrogens (tertiary/aromatic N) is 2. The first-order valence-electron chi connectivity index (χ1n) is 9.66. The Hall–Kier alpha value is -2.37. The maximum atomic E-state index is 12.3. The fourth-order valence-corrected chi connectivity index (χ4v) is 4.81. The molecule has 1 aromatic carbocycles. The van der Waals surface area contributed by atoms with Crippen LogP contribution in [-0.2, 0) is 22.6 Å². The minimum atomic E-state index is -0.232. The number of hydrazine groups is 1. The number of carbonyl (C=O) groups is 2. The van der Waals surface area contributed by atoms with E-state index in [-0.39, 0.29) is 18.4 Å². The lowest BCUT2D eigenvalue weighted by Gasteiger charge is -2.21. The van der Waals surface area contributed by atoms with Crippen LogP contribution in [-0.4, -0.2) is 21.4 Å². The zero-order valence-electron chi connectivity index (χ0n) is 15.2. The van der Waals surface area contributed by atoms with Crippen molar-refractivity contribution in [2.75, 3.05) is 0 Å². The number of para-hydroxylation sites is 2. The van der Waals surface area contributed by atoms with E-state index in [1.165, 1.54) is 25.7 Å². The molecule has 2 fully saturated rings. The van der Waals surface area contributed by atoms with Gasteiger partial charge in [0, 0.05) is 12.8 Å². The van der Waals surface area contributed by atoms with E-state index in [1.807, 2.05) is 35.8 Å². The molecule has 0 radical (unpaired) electrons. The van der Waals surface area contributed by atoms with Crippen molar-refractivity contribution < 1.29 is 9.59 Å². The zero-order valence-corrected chi connectivity index (χ0v) is 15.2. The van der Waals surface area contributed by atoms with Gasteiger partial charge in [0.2, 0.25) is 5.91 Å². The number of aryl methyl sites for hydroxylation is 1. The molecule has 0 aliphatic heterocycles. The summed E-state index contributed by atoms with van der Waals surface area (Å²) in [5.41, 5.74) is 6.99. The van der Waals surface area contributed by atoms with E-state index in [9.17, 15) is 9.59 Å². The van der Waals surface area contributed by atoms with Crippen LogP contribution in [0.15, 0.2) is 24.3 Å². The molecule has 6 heteroatoms. The van der Waals surface area contributed by atoms with E-state index in [0.717, 1.165) is 29.2 Å². The summed E-state index contributed by atoms with van der Waals surface area (Å²) in [6, 6.07) is 7.78. The number of imidazole rings is 1. The van der Waals surface area contributed by atoms with Crippen molar-refractivity contribution in [1.82, 2.24) is 20.4 Å². The Balaban J connectivity index is 1.32. The molecule has 1 heterocycles. The summed E-state index contributed by atoms with van der Waals surface area (Å²) in [5, 5.41) is 0. The van der Waals surface area contributed by atoms with Gasteiger partial charge in [0.15, 0.2) is 0 Å². The second kappa shape index (κ2) is 7.09. The molecule has 4 rings (SSSR count). The van der Waals surface area contributed by atoms with Crippen LogP contribution in [0.3, 0.4) is 0 Å². The molecular weight excluding hydrogens is 328 g/mol. The SMILES string of the molecule is CCc1nc2ccccc2n1CC(=O)NNC(=O)C[C@H]1C[C@H]2CC[C@@H]1C2. The van der Waals surface area contributed by atoms with Crippen molar-refractivity contribution in [3.63, 3.8) is 0 Å². The van der Waals surface area contributed by atoms with Crippen LogP contribution >= 0.6 is 0 Å². The van der Waals surface area contributed by atoms with Crippen molar-refractivity contribution in [1.29, 1.82) is 0 Å². The van der Waals surface area contributed by atoms with Crippen LogP contribution in [0.25, 0.3) is 11.0 Å². The Kier molecular flexibility index (Phi) is 4.66. The van der Waals surface area contributed by atoms with Gasteiger partial charge in [-0.15, -0.1) is 0 Å². The minimum Gasteiger partial charge on any atom is -0.318 e. The molecule has 138 valence electrons. The molecule has 0 spiro atoms. The summed E-state index contributed by atoms with van der Waals surface area (Å²) in [4.78, 5) is 29.1. The van der Waals surface area contributed by atoms with E-state index in [1.54, 1.807) is 0 Å². The summed E-state index contributed by atoms with van der Waals surface area (Å²) in [6.07, 6.45) is 6.33. The first kappa shape index (κ1) is 17.1. The quantitative estimate of drug-likeness (QED) is 0.810. The summed E-state index contributed by atoms with van der Waals surface area (Å²) >= 11 is 0. The van der Waals surface area contributed by atoms with Crippen LogP contribution in [0, 0.1) is 17.8 Å². The van der Waals surface area contributed by atoms with Crippen LogP contribution in [0.1, 0.15) is 44.9 Å². The van der Waals surface area contributed by atoms with Gasteiger partial charge in [0.1, 0.15) is 12.4 Å². The van der Waals surface area contributed by atoms with E-state index >= 15 is 0 Å². The van der Waals surface area contributed by atoms with Crippen LogP contribution in [0.4, 0.5) is 0 Å². The van der Waals surface area contributed by atoms with Gasteiger partial charge in [-0.05, 0) is 49.1 Å². The highest BCUT2D eigenvalue weighted by molar-refractivity contribution is 5.84. The Labute approximate surface area is 153 Å². The largest absolute Gasteiger partial charge is 0.318 e. The van der Waals surface area contributed by atoms with Gasteiger partial charge >= 0.3 is 0 Å². The van der Waals surface area contributed by atoms with Crippen molar-refractivity contribution in [2.45, 2.75) is 52.0 Å². The number of fused-ring (bicyclic) bond motifs is 3. The summed E-state index contributed by atoms with van der Waals surface area (Å²) in [6.45, 7) is 2.17. The average molecular weight is 354 g/mol. The third-order valence-electron chi connectivity index (χ3n) is 6.03. The molecule has 2 saturated carbocycles. The molecule has 2 N–H and O–H groups in total. The molecule has 2 aromatic rings. The molecule has 26 heavy (non-hydrogen) atoms. The second-order valence-electron chi connectivity index (χ2n) is 7.69. The van der Waals surface area contributed by atoms with E-state index in [0.29, 0.717) is 18.3 Å². The van der Waals surface area contributed by atoms with Gasteiger partial charge in [0.05, 0.1) is 11.0 Å². The zero-order chi connectivity index (χ0) is 18.1. The lowest BCUT2D eigenvalue weighted by atomic mass is 9.86. The van der Waals surface area contributed by atoms with Gasteiger partial charge < -0.3 is 4.57 Å². The van der Waals surface area contributed by atoms with E-state index < -0.39 is 0 Å². The maximum absolute atomic E-state index is 12.3. The smallest absolute Gasteiger partial charge is 0.258 e. The third-order valence-corrected chi connectivity index (χ3v) is 6.03. The van der Waals surface area contributed by atoms with Crippen molar-refractivity contribution in [2.24, 2.45) is 17.8 Å². The van der Waals surface area contributed by atoms with E-state index in [4.69, 9.17) is 0 Å². The highest BCUT2D eigenvalue weighted by Crippen LogP contribution is 2.49. The molecule has 2 aliphatic carbocycles. The predicted octanol–water partition coefficient (Wildman–Crippen LogP) is 2.57. The highest BCUT2D eigenvalue weighted by atomic mass is 16.2. The van der Waals surface area contributed by atoms with Gasteiger partial charge in [-0.25, -0.2) is 4.98 Å². The molecule has 2 bridgehead atoms. The molecular formula is C20H26N4O2. The standard InChI is InChI=1S/C20H26N4O2/c1-2-18-21-16-5-3-4-6-17(16)24(18)12-20(26)23-22-19(25)11-15-10-13-7-8-14(15)9-13/h3-6,13-15H,2,7-12H2,1H3,(H,22,25)(H,23,26)/t13-,14+,15+/m0/s1. The molecule has 0 saturated heterocycles. The molecule has 1 aromatic heterocycles. The van der Waals surface area contributed by atoms with Crippen LogP contribution < -0.4 is 10.9 Å². The lowest BCUT2D eigenvalue weighted by molar-refractivity contribution is -0.129. The number of amides is 2. The third kappa shape index (κ3) is 3.32. The minimum absolute atomic E-state index is 0.0814. The second-order valence-corrected chi connectivity index (χ2v) is 7.69. The Morgan fingerprint density at radius 1 is 1.15 bits per heavy atom. The van der Waals surface area contributed by atoms with Gasteiger partial charge in [0.25, 0.3) is 5.91 Å². The number of carbonyl (C=O) groups excluding carboxylic acids is 2. The molecule has 2 amide bonds. The Bertz CT molecular complexity index is 828. The first-order valence-corrected chi connectivity index (χ1v) is 9.66. The number of benzene rings is 1. The Morgan fingerprint density at radius 3 is 2.69 bits per heavy atom. The monoisotopic (exact) mass is 354 g/mol. The van der Waals surface area contributed by atoms with Crippen molar-refractivity contribution in [3.05, 3.63) is 30.1 Å². The van der Waals surface area contributed by atoms with Gasteiger partial charge in [-0.2, -0.15) is 0 Å². The molecule has 6 nitrogen and oxygen atoms in total. The molecule has 3 atom stereocenters. The number of hydrogen-bond donors (Lipinski definition) is 2. The summed E-state index contributed by atoms with van der Waals surface area (Å²) in [7, 11) is 0. The van der Waals surface area contributed by atoms with Crippen LogP contribution in [0.5, 0.6) is 0 Å². The summed E-state index contributed by atoms with van der Waals surface area (Å²) in [5.74, 6) is 2.59. The molecule has 2 aliphatic rings. The number of nitrogens with one attached hydrogen (secondary N) is 2. The van der Waals surface area contributed by atoms with Crippen LogP contribution in [0.2, 0.25) is 0 Å². The predicted molar refractivity (Wildman–Crippen MR) is 99.0 cm³/mol. The van der Waals surface area contributed by atoms with Gasteiger partial charge in [-0.3, -0.25) is 20.4 Å². The molecule has 0 unspecified atom stereocenters. The summed E-state index contributed by atoms with van der Waals surface area (Å²) < 4.78 is 1.91. The first-order chi connectivity index (χ1) is 12.6. The van der Waals surface area contributed by atoms with Crippen molar-refractivity contribution >= 4 is 22.8 Å². The van der Waals surface area contributed by atoms with E-state index in [2.05, 4.69) is 15.8 Å². The Morgan fingerprint density at radius 2 is 1.96 bits per heavy atom. The fraction of sp³-hybridized carbons (Fsp3) is 0.550. The lowest BCUT2D eigenvalue weighted by Crippen LogP contribution is -2.44. The van der Waals surface area contributed by atoms with Crippen molar-refractivity contribution in [3.8, 4) is 0 Å². The fourth-order valence-electron chi connectivity index (χ4n) is 4.81. The number of aromatic nitrogens is 2. The normalized spacial score (nSPS) is 24.1. The highest BCUT2D eigenvalue weighted by Gasteiger charge is 2.40. The van der Waals surface area contributed by atoms with Gasteiger partial charge in [-0.1, -0.05) is 25.5 Å². The maximum Gasteiger partial charge on any atom is 0.258 e. The number of rotatable bonds is 5. The topological polar surface area (TPSA) is 76.0 Å². The average Bonchev–Trinajstić information content (AvgIpc) is 3.34.